The first-order chi connectivity index (χ1) is 9.74. The molecular weight excluding hydrogens is 260 g/mol. The van der Waals surface area contributed by atoms with Crippen molar-refractivity contribution < 1.29 is 9.47 Å². The number of ether oxygens (including phenoxy) is 2. The molecule has 118 valence electrons. The zero-order valence-electron chi connectivity index (χ0n) is 14.6. The van der Waals surface area contributed by atoms with E-state index in [1.54, 1.807) is 0 Å². The van der Waals surface area contributed by atoms with Crippen LogP contribution in [-0.4, -0.2) is 18.8 Å². The van der Waals surface area contributed by atoms with Gasteiger partial charge in [0, 0.05) is 5.56 Å². The Hall–Kier alpha value is -1.02. The Kier molecular flexibility index (Phi) is 4.67. The molecule has 1 fully saturated rings. The molecule has 1 aromatic rings. The third-order valence-electron chi connectivity index (χ3n) is 4.31. The third kappa shape index (κ3) is 3.79. The highest BCUT2D eigenvalue weighted by Crippen LogP contribution is 2.41. The fourth-order valence-electron chi connectivity index (χ4n) is 2.98. The molecule has 1 aliphatic heterocycles. The molecule has 0 bridgehead atoms. The summed E-state index contributed by atoms with van der Waals surface area (Å²) in [5.41, 5.74) is 4.06. The maximum Gasteiger partial charge on any atom is 0.126 e. The van der Waals surface area contributed by atoms with Gasteiger partial charge in [0.15, 0.2) is 0 Å². The van der Waals surface area contributed by atoms with Crippen molar-refractivity contribution in [2.24, 2.45) is 0 Å². The highest BCUT2D eigenvalue weighted by atomic mass is 16.6. The number of benzene rings is 1. The van der Waals surface area contributed by atoms with Gasteiger partial charge in [-0.15, -0.1) is 0 Å². The minimum absolute atomic E-state index is 0.0916. The van der Waals surface area contributed by atoms with Crippen LogP contribution in [-0.2, 0) is 10.2 Å². The molecule has 1 heterocycles. The molecule has 2 rings (SSSR count). The highest BCUT2D eigenvalue weighted by Gasteiger charge is 2.36. The van der Waals surface area contributed by atoms with Crippen molar-refractivity contribution in [3.05, 3.63) is 28.8 Å². The van der Waals surface area contributed by atoms with Crippen molar-refractivity contribution in [2.45, 2.75) is 78.4 Å². The van der Waals surface area contributed by atoms with Crippen LogP contribution in [0.25, 0.3) is 0 Å². The van der Waals surface area contributed by atoms with Crippen molar-refractivity contribution in [3.8, 4) is 5.75 Å². The number of hydrogen-bond donors (Lipinski definition) is 0. The summed E-state index contributed by atoms with van der Waals surface area (Å²) in [6, 6.07) is 4.56. The van der Waals surface area contributed by atoms with Gasteiger partial charge >= 0.3 is 0 Å². The molecule has 21 heavy (non-hydrogen) atoms. The lowest BCUT2D eigenvalue weighted by Crippen LogP contribution is -2.16. The van der Waals surface area contributed by atoms with Gasteiger partial charge in [-0.3, -0.25) is 0 Å². The number of hydrogen-bond acceptors (Lipinski definition) is 2. The van der Waals surface area contributed by atoms with Gasteiger partial charge in [0.05, 0.1) is 18.8 Å². The van der Waals surface area contributed by atoms with Crippen molar-refractivity contribution in [1.82, 2.24) is 0 Å². The summed E-state index contributed by atoms with van der Waals surface area (Å²) in [6.45, 7) is 16.2. The quantitative estimate of drug-likeness (QED) is 0.714. The van der Waals surface area contributed by atoms with Gasteiger partial charge in [-0.2, -0.15) is 0 Å². The predicted octanol–water partition coefficient (Wildman–Crippen LogP) is 4.97. The minimum atomic E-state index is 0.0916. The largest absolute Gasteiger partial charge is 0.493 e. The van der Waals surface area contributed by atoms with Crippen molar-refractivity contribution in [3.63, 3.8) is 0 Å². The fourth-order valence-corrected chi connectivity index (χ4v) is 2.98. The maximum atomic E-state index is 6.06. The first-order valence-electron chi connectivity index (χ1n) is 8.17. The molecule has 0 spiro atoms. The van der Waals surface area contributed by atoms with Gasteiger partial charge in [0.1, 0.15) is 5.75 Å². The number of aryl methyl sites for hydroxylation is 1. The van der Waals surface area contributed by atoms with Crippen LogP contribution in [0, 0.1) is 6.92 Å². The molecule has 1 aliphatic rings. The second-order valence-corrected chi connectivity index (χ2v) is 7.43. The zero-order valence-corrected chi connectivity index (χ0v) is 14.6. The summed E-state index contributed by atoms with van der Waals surface area (Å²) in [4.78, 5) is 0. The summed E-state index contributed by atoms with van der Waals surface area (Å²) in [5, 5.41) is 0. The lowest BCUT2D eigenvalue weighted by molar-refractivity contribution is 0.320. The lowest BCUT2D eigenvalue weighted by atomic mass is 9.81. The average molecular weight is 290 g/mol. The molecule has 2 nitrogen and oxygen atoms in total. The van der Waals surface area contributed by atoms with Crippen LogP contribution in [0.4, 0.5) is 0 Å². The molecule has 3 unspecified atom stereocenters. The van der Waals surface area contributed by atoms with E-state index in [1.165, 1.54) is 16.7 Å². The molecule has 1 saturated heterocycles. The van der Waals surface area contributed by atoms with Gasteiger partial charge in [0.25, 0.3) is 0 Å². The Balaban J connectivity index is 2.40. The SMILES string of the molecule is CCOc1c(C(C)CC2OC2C)cc(C)cc1C(C)(C)C. The van der Waals surface area contributed by atoms with Gasteiger partial charge < -0.3 is 9.47 Å². The van der Waals surface area contributed by atoms with E-state index >= 15 is 0 Å². The lowest BCUT2D eigenvalue weighted by Gasteiger charge is -2.27. The van der Waals surface area contributed by atoms with Crippen LogP contribution in [0.5, 0.6) is 5.75 Å². The predicted molar refractivity (Wildman–Crippen MR) is 88.4 cm³/mol. The normalized spacial score (nSPS) is 23.0. The van der Waals surface area contributed by atoms with Crippen molar-refractivity contribution in [2.75, 3.05) is 6.61 Å². The fraction of sp³-hybridized carbons (Fsp3) is 0.684. The van der Waals surface area contributed by atoms with E-state index in [0.717, 1.165) is 12.2 Å². The van der Waals surface area contributed by atoms with Gasteiger partial charge in [-0.05, 0) is 44.1 Å². The van der Waals surface area contributed by atoms with E-state index in [4.69, 9.17) is 9.47 Å². The Labute approximate surface area is 129 Å². The molecule has 2 heteroatoms. The van der Waals surface area contributed by atoms with E-state index in [1.807, 2.05) is 0 Å². The average Bonchev–Trinajstić information content (AvgIpc) is 3.05. The van der Waals surface area contributed by atoms with E-state index < -0.39 is 0 Å². The first kappa shape index (κ1) is 16.4. The van der Waals surface area contributed by atoms with E-state index in [0.29, 0.717) is 24.7 Å². The topological polar surface area (TPSA) is 21.8 Å². The summed E-state index contributed by atoms with van der Waals surface area (Å²) in [5.74, 6) is 1.55. The Morgan fingerprint density at radius 3 is 2.38 bits per heavy atom. The van der Waals surface area contributed by atoms with E-state index in [9.17, 15) is 0 Å². The van der Waals surface area contributed by atoms with Gasteiger partial charge in [-0.25, -0.2) is 0 Å². The van der Waals surface area contributed by atoms with Crippen LogP contribution in [0.2, 0.25) is 0 Å². The molecule has 1 aromatic carbocycles. The standard InChI is InChI=1S/C19H30O2/c1-8-20-18-15(13(3)11-17-14(4)21-17)9-12(2)10-16(18)19(5,6)7/h9-10,13-14,17H,8,11H2,1-7H3. The Morgan fingerprint density at radius 1 is 1.29 bits per heavy atom. The summed E-state index contributed by atoms with van der Waals surface area (Å²) >= 11 is 0. The second-order valence-electron chi connectivity index (χ2n) is 7.43. The second kappa shape index (κ2) is 6.00. The Bertz CT molecular complexity index is 499. The summed E-state index contributed by atoms with van der Waals surface area (Å²) in [6.07, 6.45) is 1.93. The van der Waals surface area contributed by atoms with Crippen molar-refractivity contribution in [1.29, 1.82) is 0 Å². The molecule has 0 saturated carbocycles. The molecule has 3 atom stereocenters. The van der Waals surface area contributed by atoms with Gasteiger partial charge in [-0.1, -0.05) is 45.4 Å². The van der Waals surface area contributed by atoms with Crippen LogP contribution < -0.4 is 4.74 Å². The molecule has 0 aromatic heterocycles. The summed E-state index contributed by atoms with van der Waals surface area (Å²) < 4.78 is 11.7. The highest BCUT2D eigenvalue weighted by molar-refractivity contribution is 5.49. The van der Waals surface area contributed by atoms with Crippen molar-refractivity contribution >= 4 is 0 Å². The Morgan fingerprint density at radius 2 is 1.90 bits per heavy atom. The molecule has 0 radical (unpaired) electrons. The van der Waals surface area contributed by atoms with Crippen LogP contribution in [0.1, 0.15) is 70.6 Å². The smallest absolute Gasteiger partial charge is 0.126 e. The van der Waals surface area contributed by atoms with Crippen LogP contribution in [0.3, 0.4) is 0 Å². The van der Waals surface area contributed by atoms with Crippen LogP contribution in [0.15, 0.2) is 12.1 Å². The monoisotopic (exact) mass is 290 g/mol. The summed E-state index contributed by atoms with van der Waals surface area (Å²) in [7, 11) is 0. The van der Waals surface area contributed by atoms with Gasteiger partial charge in [0.2, 0.25) is 0 Å². The zero-order chi connectivity index (χ0) is 15.8. The maximum absolute atomic E-state index is 6.06. The molecule has 0 aliphatic carbocycles. The number of epoxide rings is 1. The third-order valence-corrected chi connectivity index (χ3v) is 4.31. The molecular formula is C19H30O2. The van der Waals surface area contributed by atoms with Crippen LogP contribution >= 0.6 is 0 Å². The molecule has 0 N–H and O–H groups in total. The molecule has 0 amide bonds. The number of rotatable bonds is 5. The van der Waals surface area contributed by atoms with E-state index in [-0.39, 0.29) is 5.41 Å². The first-order valence-corrected chi connectivity index (χ1v) is 8.17. The van der Waals surface area contributed by atoms with E-state index in [2.05, 4.69) is 60.6 Å². The minimum Gasteiger partial charge on any atom is -0.493 e.